The van der Waals surface area contributed by atoms with Gasteiger partial charge >= 0.3 is 5.97 Å². The number of nitrogens with zero attached hydrogens (tertiary/aromatic N) is 1. The van der Waals surface area contributed by atoms with Crippen molar-refractivity contribution >= 4 is 11.9 Å². The quantitative estimate of drug-likeness (QED) is 0.667. The number of carbonyl (C=O) groups excluding carboxylic acids is 1. The van der Waals surface area contributed by atoms with Gasteiger partial charge in [-0.1, -0.05) is 11.6 Å². The number of aliphatic carboxylic acids is 1. The van der Waals surface area contributed by atoms with Crippen LogP contribution in [0.15, 0.2) is 11.6 Å². The number of carboxylic acids is 1. The van der Waals surface area contributed by atoms with E-state index in [4.69, 9.17) is 4.74 Å². The van der Waals surface area contributed by atoms with Crippen LogP contribution in [-0.4, -0.2) is 59.8 Å². The smallest absolute Gasteiger partial charge is 0.313 e. The van der Waals surface area contributed by atoms with E-state index >= 15 is 0 Å². The minimum atomic E-state index is -0.839. The summed E-state index contributed by atoms with van der Waals surface area (Å²) in [6.45, 7) is 2.23. The third-order valence-electron chi connectivity index (χ3n) is 6.78. The first-order valence-corrected chi connectivity index (χ1v) is 8.18. The van der Waals surface area contributed by atoms with E-state index in [1.807, 2.05) is 0 Å². The highest BCUT2D eigenvalue weighted by molar-refractivity contribution is 5.83. The van der Waals surface area contributed by atoms with Crippen LogP contribution in [0.25, 0.3) is 0 Å². The first-order valence-electron chi connectivity index (χ1n) is 8.18. The van der Waals surface area contributed by atoms with Crippen molar-refractivity contribution in [3.63, 3.8) is 0 Å². The zero-order chi connectivity index (χ0) is 15.1. The second-order valence-corrected chi connectivity index (χ2v) is 7.40. The molecule has 0 aromatic carbocycles. The van der Waals surface area contributed by atoms with E-state index in [0.29, 0.717) is 25.4 Å². The summed E-state index contributed by atoms with van der Waals surface area (Å²) in [5.41, 5.74) is 0.556. The average molecular weight is 304 g/mol. The number of amides is 1. The normalized spacial score (nSPS) is 49.2. The molecule has 2 bridgehead atoms. The highest BCUT2D eigenvalue weighted by atomic mass is 16.5. The van der Waals surface area contributed by atoms with Crippen molar-refractivity contribution in [2.75, 3.05) is 19.7 Å². The van der Waals surface area contributed by atoms with Crippen LogP contribution in [0.4, 0.5) is 0 Å². The number of nitrogens with one attached hydrogen (secondary N) is 1. The number of hydrogen-bond acceptors (Lipinski definition) is 4. The van der Waals surface area contributed by atoms with Crippen molar-refractivity contribution < 1.29 is 19.4 Å². The molecule has 4 fully saturated rings. The van der Waals surface area contributed by atoms with Gasteiger partial charge in [0.15, 0.2) is 0 Å². The van der Waals surface area contributed by atoms with Crippen molar-refractivity contribution in [3.8, 4) is 0 Å². The van der Waals surface area contributed by atoms with E-state index in [-0.39, 0.29) is 30.0 Å². The number of rotatable bonds is 1. The summed E-state index contributed by atoms with van der Waals surface area (Å²) in [7, 11) is 0. The highest BCUT2D eigenvalue weighted by Crippen LogP contribution is 2.58. The standard InChI is InChI=1S/C16H20N2O4/c19-12-6-10-13-9-5-11-16(15(20)21,14(13)17-12)2-3-18(11)7-8(9)1-4-22-10/h1,9-11,13-14H,2-7H2,(H,17,19)(H,20,21)/t9-,10+,11-,13-,14-,16-/m1/s1. The van der Waals surface area contributed by atoms with Gasteiger partial charge < -0.3 is 15.2 Å². The summed E-state index contributed by atoms with van der Waals surface area (Å²) in [5, 5.41) is 13.1. The van der Waals surface area contributed by atoms with Gasteiger partial charge in [-0.3, -0.25) is 14.5 Å². The van der Waals surface area contributed by atoms with Gasteiger partial charge in [0.05, 0.1) is 25.2 Å². The third-order valence-corrected chi connectivity index (χ3v) is 6.78. The summed E-state index contributed by atoms with van der Waals surface area (Å²) in [6, 6.07) is -0.252. The molecule has 0 aromatic rings. The summed E-state index contributed by atoms with van der Waals surface area (Å²) in [4.78, 5) is 26.7. The fourth-order valence-corrected chi connectivity index (χ4v) is 5.91. The molecule has 118 valence electrons. The predicted octanol–water partition coefficient (Wildman–Crippen LogP) is -0.00490. The maximum atomic E-state index is 12.3. The fourth-order valence-electron chi connectivity index (χ4n) is 5.91. The van der Waals surface area contributed by atoms with Gasteiger partial charge in [-0.25, -0.2) is 0 Å². The molecule has 1 saturated carbocycles. The van der Waals surface area contributed by atoms with Crippen LogP contribution in [-0.2, 0) is 14.3 Å². The number of carboxylic acid groups (broad SMARTS) is 1. The monoisotopic (exact) mass is 304 g/mol. The molecular formula is C16H20N2O4. The zero-order valence-electron chi connectivity index (χ0n) is 12.3. The SMILES string of the molecule is O=C1C[C@@H]2OCC=C3CN4CC[C@]5(C(=O)O)[C@H](N1)[C@@H]2[C@@H]3C[C@@H]45. The molecule has 6 nitrogen and oxygen atoms in total. The van der Waals surface area contributed by atoms with E-state index in [1.54, 1.807) is 0 Å². The largest absolute Gasteiger partial charge is 0.481 e. The number of ether oxygens (including phenoxy) is 1. The zero-order valence-corrected chi connectivity index (χ0v) is 12.3. The number of piperidine rings is 2. The van der Waals surface area contributed by atoms with Crippen molar-refractivity contribution in [1.29, 1.82) is 0 Å². The van der Waals surface area contributed by atoms with Gasteiger partial charge in [0.25, 0.3) is 0 Å². The Hall–Kier alpha value is -1.40. The second kappa shape index (κ2) is 4.11. The first kappa shape index (κ1) is 13.1. The Morgan fingerprint density at radius 3 is 3.18 bits per heavy atom. The van der Waals surface area contributed by atoms with Gasteiger partial charge in [0.1, 0.15) is 5.41 Å². The van der Waals surface area contributed by atoms with Gasteiger partial charge in [-0.2, -0.15) is 0 Å². The van der Waals surface area contributed by atoms with E-state index in [2.05, 4.69) is 16.3 Å². The number of fused-ring (bicyclic) bond motifs is 1. The van der Waals surface area contributed by atoms with E-state index < -0.39 is 11.4 Å². The van der Waals surface area contributed by atoms with Crippen LogP contribution < -0.4 is 5.32 Å². The van der Waals surface area contributed by atoms with Gasteiger partial charge in [-0.15, -0.1) is 0 Å². The van der Waals surface area contributed by atoms with Crippen molar-refractivity contribution in [2.24, 2.45) is 17.3 Å². The topological polar surface area (TPSA) is 78.9 Å². The van der Waals surface area contributed by atoms with E-state index in [1.165, 1.54) is 5.57 Å². The number of hydrogen-bond donors (Lipinski definition) is 2. The van der Waals surface area contributed by atoms with Crippen molar-refractivity contribution in [2.45, 2.75) is 37.5 Å². The molecule has 3 saturated heterocycles. The van der Waals surface area contributed by atoms with Crippen LogP contribution in [0.3, 0.4) is 0 Å². The molecule has 5 rings (SSSR count). The van der Waals surface area contributed by atoms with Gasteiger partial charge in [0.2, 0.25) is 5.91 Å². The Bertz CT molecular complexity index is 603. The molecule has 6 atom stereocenters. The Labute approximate surface area is 128 Å². The lowest BCUT2D eigenvalue weighted by Crippen LogP contribution is -2.71. The predicted molar refractivity (Wildman–Crippen MR) is 76.0 cm³/mol. The van der Waals surface area contributed by atoms with Crippen molar-refractivity contribution in [3.05, 3.63) is 11.6 Å². The van der Waals surface area contributed by atoms with Crippen LogP contribution >= 0.6 is 0 Å². The van der Waals surface area contributed by atoms with Gasteiger partial charge in [-0.05, 0) is 18.8 Å². The summed E-state index contributed by atoms with van der Waals surface area (Å²) >= 11 is 0. The molecule has 0 spiro atoms. The Kier molecular flexibility index (Phi) is 2.45. The van der Waals surface area contributed by atoms with Gasteiger partial charge in [0, 0.05) is 25.0 Å². The average Bonchev–Trinajstić information content (AvgIpc) is 2.79. The summed E-state index contributed by atoms with van der Waals surface area (Å²) < 4.78 is 5.95. The first-order chi connectivity index (χ1) is 10.6. The molecule has 1 aliphatic carbocycles. The minimum Gasteiger partial charge on any atom is -0.481 e. The molecule has 4 heterocycles. The molecule has 0 radical (unpaired) electrons. The van der Waals surface area contributed by atoms with E-state index in [9.17, 15) is 14.7 Å². The second-order valence-electron chi connectivity index (χ2n) is 7.40. The molecule has 0 aromatic heterocycles. The minimum absolute atomic E-state index is 0.0468. The molecule has 1 amide bonds. The van der Waals surface area contributed by atoms with Crippen molar-refractivity contribution in [1.82, 2.24) is 10.2 Å². The lowest BCUT2D eigenvalue weighted by atomic mass is 9.54. The maximum Gasteiger partial charge on any atom is 0.313 e. The lowest BCUT2D eigenvalue weighted by molar-refractivity contribution is -0.168. The molecule has 2 N–H and O–H groups in total. The third kappa shape index (κ3) is 1.38. The van der Waals surface area contributed by atoms with Crippen LogP contribution in [0, 0.1) is 17.3 Å². The molecular weight excluding hydrogens is 284 g/mol. The van der Waals surface area contributed by atoms with Crippen LogP contribution in [0.1, 0.15) is 19.3 Å². The fraction of sp³-hybridized carbons (Fsp3) is 0.750. The Morgan fingerprint density at radius 1 is 1.50 bits per heavy atom. The Balaban J connectivity index is 1.70. The molecule has 0 unspecified atom stereocenters. The van der Waals surface area contributed by atoms with Crippen LogP contribution in [0.5, 0.6) is 0 Å². The molecule has 4 aliphatic heterocycles. The molecule has 22 heavy (non-hydrogen) atoms. The highest BCUT2D eigenvalue weighted by Gasteiger charge is 2.68. The molecule has 5 aliphatic rings. The number of carbonyl (C=O) groups is 2. The lowest BCUT2D eigenvalue weighted by Gasteiger charge is -2.57. The van der Waals surface area contributed by atoms with Crippen LogP contribution in [0.2, 0.25) is 0 Å². The molecule has 6 heteroatoms. The van der Waals surface area contributed by atoms with E-state index in [0.717, 1.165) is 19.5 Å². The Morgan fingerprint density at radius 2 is 2.36 bits per heavy atom. The summed E-state index contributed by atoms with van der Waals surface area (Å²) in [6.07, 6.45) is 3.92. The maximum absolute atomic E-state index is 12.3. The summed E-state index contributed by atoms with van der Waals surface area (Å²) in [5.74, 6) is -0.334.